The fraction of sp³-hybridized carbons (Fsp3) is 0.529. The Hall–Kier alpha value is -1.34. The molecule has 1 aromatic carbocycles. The van der Waals surface area contributed by atoms with E-state index in [1.54, 1.807) is 25.3 Å². The Morgan fingerprint density at radius 3 is 2.56 bits per heavy atom. The number of hydrogen-bond donors (Lipinski definition) is 3. The van der Waals surface area contributed by atoms with Crippen LogP contribution in [0.1, 0.15) is 42.5 Å². The Kier molecular flexibility index (Phi) is 8.65. The van der Waals surface area contributed by atoms with Gasteiger partial charge in [-0.15, -0.1) is 12.4 Å². The van der Waals surface area contributed by atoms with Crippen molar-refractivity contribution in [2.45, 2.75) is 37.6 Å². The van der Waals surface area contributed by atoms with Crippen molar-refractivity contribution in [1.82, 2.24) is 5.32 Å². The van der Waals surface area contributed by atoms with Crippen LogP contribution >= 0.6 is 24.0 Å². The molecule has 25 heavy (non-hydrogen) atoms. The van der Waals surface area contributed by atoms with Gasteiger partial charge in [-0.25, -0.2) is 0 Å². The molecule has 1 fully saturated rings. The zero-order chi connectivity index (χ0) is 17.6. The number of anilines is 1. The molecule has 2 rings (SSSR count). The lowest BCUT2D eigenvalue weighted by atomic mass is 9.82. The summed E-state index contributed by atoms with van der Waals surface area (Å²) < 4.78 is 4.88. The fourth-order valence-electron chi connectivity index (χ4n) is 2.80. The van der Waals surface area contributed by atoms with E-state index in [4.69, 9.17) is 22.1 Å². The average molecular weight is 390 g/mol. The predicted octanol–water partition coefficient (Wildman–Crippen LogP) is 2.74. The molecule has 4 N–H and O–H groups in total. The highest BCUT2D eigenvalue weighted by atomic mass is 35.5. The van der Waals surface area contributed by atoms with Gasteiger partial charge in [-0.1, -0.05) is 30.9 Å². The van der Waals surface area contributed by atoms with Gasteiger partial charge >= 0.3 is 0 Å². The largest absolute Gasteiger partial charge is 0.383 e. The summed E-state index contributed by atoms with van der Waals surface area (Å²) in [6.45, 7) is 0.829. The summed E-state index contributed by atoms with van der Waals surface area (Å²) in [5, 5.41) is 5.79. The van der Waals surface area contributed by atoms with Crippen LogP contribution in [0, 0.1) is 0 Å². The minimum atomic E-state index is -0.819. The van der Waals surface area contributed by atoms with Crippen LogP contribution in [-0.4, -0.2) is 37.6 Å². The smallest absolute Gasteiger partial charge is 0.252 e. The van der Waals surface area contributed by atoms with Crippen LogP contribution in [0.2, 0.25) is 5.02 Å². The van der Waals surface area contributed by atoms with Crippen molar-refractivity contribution in [2.24, 2.45) is 5.73 Å². The van der Waals surface area contributed by atoms with Gasteiger partial charge < -0.3 is 21.1 Å². The average Bonchev–Trinajstić information content (AvgIpc) is 2.55. The number of nitrogens with one attached hydrogen (secondary N) is 2. The summed E-state index contributed by atoms with van der Waals surface area (Å²) in [7, 11) is 1.56. The van der Waals surface area contributed by atoms with Gasteiger partial charge in [0.2, 0.25) is 5.91 Å². The number of ether oxygens (including phenoxy) is 1. The highest BCUT2D eigenvalue weighted by Gasteiger charge is 2.35. The molecule has 1 aliphatic rings. The van der Waals surface area contributed by atoms with Gasteiger partial charge in [0.1, 0.15) is 0 Å². The van der Waals surface area contributed by atoms with Crippen LogP contribution in [0.4, 0.5) is 5.69 Å². The quantitative estimate of drug-likeness (QED) is 0.651. The highest BCUT2D eigenvalue weighted by molar-refractivity contribution is 6.34. The first-order chi connectivity index (χ1) is 11.5. The van der Waals surface area contributed by atoms with E-state index in [1.807, 2.05) is 0 Å². The van der Waals surface area contributed by atoms with E-state index in [2.05, 4.69) is 10.6 Å². The second-order valence-corrected chi connectivity index (χ2v) is 6.52. The number of carbonyl (C=O) groups is 2. The van der Waals surface area contributed by atoms with Gasteiger partial charge in [0.05, 0.1) is 22.7 Å². The summed E-state index contributed by atoms with van der Waals surface area (Å²) >= 11 is 6.17. The second kappa shape index (κ2) is 9.97. The van der Waals surface area contributed by atoms with E-state index < -0.39 is 5.54 Å². The summed E-state index contributed by atoms with van der Waals surface area (Å²) in [5.41, 5.74) is 6.28. The minimum Gasteiger partial charge on any atom is -0.383 e. The van der Waals surface area contributed by atoms with Gasteiger partial charge in [-0.05, 0) is 31.0 Å². The lowest BCUT2D eigenvalue weighted by molar-refractivity contribution is -0.122. The molecule has 1 aromatic rings. The molecule has 0 aliphatic heterocycles. The van der Waals surface area contributed by atoms with Gasteiger partial charge in [-0.3, -0.25) is 9.59 Å². The van der Waals surface area contributed by atoms with Crippen LogP contribution < -0.4 is 16.4 Å². The number of benzene rings is 1. The Balaban J connectivity index is 0.00000312. The number of amides is 2. The molecule has 0 radical (unpaired) electrons. The van der Waals surface area contributed by atoms with Gasteiger partial charge in [0, 0.05) is 19.3 Å². The van der Waals surface area contributed by atoms with Crippen LogP contribution in [0.25, 0.3) is 0 Å². The van der Waals surface area contributed by atoms with Gasteiger partial charge in [-0.2, -0.15) is 0 Å². The minimum absolute atomic E-state index is 0. The van der Waals surface area contributed by atoms with Crippen molar-refractivity contribution in [2.75, 3.05) is 25.6 Å². The molecule has 1 saturated carbocycles. The third-order valence-electron chi connectivity index (χ3n) is 4.26. The molecule has 140 valence electrons. The Labute approximate surface area is 159 Å². The van der Waals surface area contributed by atoms with Crippen molar-refractivity contribution in [1.29, 1.82) is 0 Å². The van der Waals surface area contributed by atoms with Gasteiger partial charge in [0.25, 0.3) is 5.91 Å². The van der Waals surface area contributed by atoms with E-state index in [0.717, 1.165) is 19.3 Å². The van der Waals surface area contributed by atoms with Gasteiger partial charge in [0.15, 0.2) is 0 Å². The zero-order valence-electron chi connectivity index (χ0n) is 14.3. The van der Waals surface area contributed by atoms with E-state index in [0.29, 0.717) is 37.2 Å². The maximum Gasteiger partial charge on any atom is 0.252 e. The monoisotopic (exact) mass is 389 g/mol. The van der Waals surface area contributed by atoms with Crippen LogP contribution in [0.3, 0.4) is 0 Å². The summed E-state index contributed by atoms with van der Waals surface area (Å²) in [6.07, 6.45) is 4.42. The van der Waals surface area contributed by atoms with E-state index in [1.165, 1.54) is 0 Å². The maximum atomic E-state index is 12.4. The van der Waals surface area contributed by atoms with Crippen molar-refractivity contribution in [3.63, 3.8) is 0 Å². The molecule has 0 bridgehead atoms. The van der Waals surface area contributed by atoms with Crippen molar-refractivity contribution in [3.8, 4) is 0 Å². The number of carbonyl (C=O) groups excluding carboxylic acids is 2. The lowest BCUT2D eigenvalue weighted by Crippen LogP contribution is -2.52. The summed E-state index contributed by atoms with van der Waals surface area (Å²) in [5.74, 6) is -0.479. The van der Waals surface area contributed by atoms with E-state index in [9.17, 15) is 9.59 Å². The van der Waals surface area contributed by atoms with E-state index in [-0.39, 0.29) is 29.2 Å². The maximum absolute atomic E-state index is 12.4. The predicted molar refractivity (Wildman–Crippen MR) is 102 cm³/mol. The number of nitrogens with two attached hydrogens (primary N) is 1. The number of methoxy groups -OCH3 is 1. The molecule has 0 saturated heterocycles. The summed E-state index contributed by atoms with van der Waals surface area (Å²) in [6, 6.07) is 4.81. The molecule has 0 spiro atoms. The fourth-order valence-corrected chi connectivity index (χ4v) is 3.07. The first kappa shape index (κ1) is 21.7. The molecule has 8 heteroatoms. The normalized spacial score (nSPS) is 15.8. The van der Waals surface area contributed by atoms with Crippen molar-refractivity contribution >= 4 is 41.5 Å². The summed E-state index contributed by atoms with van der Waals surface area (Å²) in [4.78, 5) is 24.4. The Morgan fingerprint density at radius 2 is 1.96 bits per heavy atom. The molecule has 2 amide bonds. The number of rotatable bonds is 6. The molecule has 6 nitrogen and oxygen atoms in total. The molecule has 0 unspecified atom stereocenters. The molecule has 0 heterocycles. The van der Waals surface area contributed by atoms with Crippen LogP contribution in [0.5, 0.6) is 0 Å². The van der Waals surface area contributed by atoms with Crippen LogP contribution in [0.15, 0.2) is 18.2 Å². The zero-order valence-corrected chi connectivity index (χ0v) is 15.8. The standard InChI is InChI=1S/C17H24ClN3O3.ClH/c1-24-10-9-20-15(22)13-6-5-12(11-14(13)18)21-16(23)17(19)7-3-2-4-8-17;/h5-6,11H,2-4,7-10,19H2,1H3,(H,20,22)(H,21,23);1H. The molecule has 0 atom stereocenters. The van der Waals surface area contributed by atoms with Crippen LogP contribution in [-0.2, 0) is 9.53 Å². The molecule has 0 aromatic heterocycles. The van der Waals surface area contributed by atoms with E-state index >= 15 is 0 Å². The third-order valence-corrected chi connectivity index (χ3v) is 4.57. The highest BCUT2D eigenvalue weighted by Crippen LogP contribution is 2.28. The first-order valence-electron chi connectivity index (χ1n) is 8.13. The number of hydrogen-bond acceptors (Lipinski definition) is 4. The second-order valence-electron chi connectivity index (χ2n) is 6.11. The number of halogens is 2. The first-order valence-corrected chi connectivity index (χ1v) is 8.51. The SMILES string of the molecule is COCCNC(=O)c1ccc(NC(=O)C2(N)CCCCC2)cc1Cl.Cl. The Bertz CT molecular complexity index is 605. The lowest BCUT2D eigenvalue weighted by Gasteiger charge is -2.31. The van der Waals surface area contributed by atoms with Crippen molar-refractivity contribution < 1.29 is 14.3 Å². The molecule has 1 aliphatic carbocycles. The Morgan fingerprint density at radius 1 is 1.28 bits per heavy atom. The van der Waals surface area contributed by atoms with Crippen molar-refractivity contribution in [3.05, 3.63) is 28.8 Å². The topological polar surface area (TPSA) is 93.5 Å². The third kappa shape index (κ3) is 5.85. The molecular weight excluding hydrogens is 365 g/mol. The molecular formula is C17H25Cl2N3O3.